The van der Waals surface area contributed by atoms with E-state index >= 15 is 0 Å². The first kappa shape index (κ1) is 9.93. The predicted molar refractivity (Wildman–Crippen MR) is 51.2 cm³/mol. The number of nitrogens with zero attached hydrogens (tertiary/aromatic N) is 1. The summed E-state index contributed by atoms with van der Waals surface area (Å²) in [4.78, 5) is 2.32. The van der Waals surface area contributed by atoms with Gasteiger partial charge in [-0.25, -0.2) is 4.39 Å². The van der Waals surface area contributed by atoms with Gasteiger partial charge < -0.3 is 5.32 Å². The standard InChI is InChI=1S/C9H19FN2.H2/c1-4-12-6-7(2)11-9(5-10)8(12)3;/h7-9,11H,4-6H2,1-3H3;1H/t7-,8-,9+;/m1./s1. The van der Waals surface area contributed by atoms with Crippen LogP contribution in [0.25, 0.3) is 0 Å². The molecule has 0 unspecified atom stereocenters. The molecule has 3 heteroatoms. The van der Waals surface area contributed by atoms with Gasteiger partial charge in [-0.15, -0.1) is 0 Å². The SMILES string of the molecule is CCN1C[C@@H](C)N[C@@H](CF)[C@H]1C.[HH]. The number of hydrogen-bond acceptors (Lipinski definition) is 2. The Kier molecular flexibility index (Phi) is 3.47. The normalized spacial score (nSPS) is 38.5. The second-order valence-electron chi connectivity index (χ2n) is 3.66. The van der Waals surface area contributed by atoms with E-state index in [2.05, 4.69) is 31.0 Å². The number of rotatable bonds is 2. The summed E-state index contributed by atoms with van der Waals surface area (Å²) in [6.07, 6.45) is 0. The highest BCUT2D eigenvalue weighted by molar-refractivity contribution is 4.89. The van der Waals surface area contributed by atoms with Gasteiger partial charge in [-0.2, -0.15) is 0 Å². The summed E-state index contributed by atoms with van der Waals surface area (Å²) in [6.45, 7) is 8.12. The molecule has 1 N–H and O–H groups in total. The summed E-state index contributed by atoms with van der Waals surface area (Å²) in [5.41, 5.74) is 0. The van der Waals surface area contributed by atoms with E-state index in [1.165, 1.54) is 0 Å². The fourth-order valence-electron chi connectivity index (χ4n) is 1.92. The third kappa shape index (κ3) is 1.96. The van der Waals surface area contributed by atoms with E-state index in [0.717, 1.165) is 13.1 Å². The van der Waals surface area contributed by atoms with Crippen LogP contribution in [0.15, 0.2) is 0 Å². The average molecular weight is 176 g/mol. The van der Waals surface area contributed by atoms with Gasteiger partial charge in [0.15, 0.2) is 0 Å². The summed E-state index contributed by atoms with van der Waals surface area (Å²) >= 11 is 0. The highest BCUT2D eigenvalue weighted by atomic mass is 19.1. The van der Waals surface area contributed by atoms with Crippen molar-refractivity contribution in [1.82, 2.24) is 10.2 Å². The average Bonchev–Trinajstić information content (AvgIpc) is 2.08. The van der Waals surface area contributed by atoms with Crippen molar-refractivity contribution in [3.63, 3.8) is 0 Å². The van der Waals surface area contributed by atoms with Gasteiger partial charge in [0.25, 0.3) is 0 Å². The van der Waals surface area contributed by atoms with E-state index in [4.69, 9.17) is 0 Å². The highest BCUT2D eigenvalue weighted by Gasteiger charge is 2.29. The zero-order valence-corrected chi connectivity index (χ0v) is 8.18. The minimum absolute atomic E-state index is 0. The molecule has 3 atom stereocenters. The molecular formula is C9H21FN2. The van der Waals surface area contributed by atoms with Crippen LogP contribution in [0.1, 0.15) is 22.2 Å². The van der Waals surface area contributed by atoms with Crippen LogP contribution in [-0.2, 0) is 0 Å². The topological polar surface area (TPSA) is 15.3 Å². The number of alkyl halides is 1. The summed E-state index contributed by atoms with van der Waals surface area (Å²) in [5.74, 6) is 0. The van der Waals surface area contributed by atoms with Crippen LogP contribution in [0.3, 0.4) is 0 Å². The van der Waals surface area contributed by atoms with Gasteiger partial charge in [-0.3, -0.25) is 4.90 Å². The Balaban J connectivity index is 0.00000144. The molecule has 1 rings (SSSR count). The van der Waals surface area contributed by atoms with Crippen molar-refractivity contribution in [3.8, 4) is 0 Å². The van der Waals surface area contributed by atoms with Crippen LogP contribution < -0.4 is 5.32 Å². The lowest BCUT2D eigenvalue weighted by atomic mass is 10.0. The fraction of sp³-hybridized carbons (Fsp3) is 1.00. The lowest BCUT2D eigenvalue weighted by Gasteiger charge is -2.41. The van der Waals surface area contributed by atoms with Crippen molar-refractivity contribution < 1.29 is 5.82 Å². The van der Waals surface area contributed by atoms with Crippen molar-refractivity contribution in [2.24, 2.45) is 0 Å². The molecule has 0 bridgehead atoms. The number of halogens is 1. The number of likely N-dealkylation sites (N-methyl/N-ethyl adjacent to an activating group) is 1. The smallest absolute Gasteiger partial charge is 0.106 e. The zero-order valence-electron chi connectivity index (χ0n) is 8.18. The summed E-state index contributed by atoms with van der Waals surface area (Å²) < 4.78 is 12.5. The maximum absolute atomic E-state index is 12.5. The van der Waals surface area contributed by atoms with Crippen LogP contribution >= 0.6 is 0 Å². The molecule has 0 spiro atoms. The van der Waals surface area contributed by atoms with Crippen LogP contribution in [0, 0.1) is 0 Å². The van der Waals surface area contributed by atoms with Crippen LogP contribution in [0.2, 0.25) is 0 Å². The van der Waals surface area contributed by atoms with Gasteiger partial charge in [-0.05, 0) is 20.4 Å². The first-order valence-corrected chi connectivity index (χ1v) is 4.75. The van der Waals surface area contributed by atoms with E-state index in [1.807, 2.05) is 0 Å². The molecule has 0 aromatic rings. The minimum atomic E-state index is -0.262. The molecule has 0 amide bonds. The Morgan fingerprint density at radius 1 is 1.58 bits per heavy atom. The molecule has 0 radical (unpaired) electrons. The van der Waals surface area contributed by atoms with E-state index in [-0.39, 0.29) is 14.1 Å². The molecule has 1 aliphatic heterocycles. The van der Waals surface area contributed by atoms with Gasteiger partial charge in [0.05, 0.1) is 6.04 Å². The van der Waals surface area contributed by atoms with Crippen LogP contribution in [-0.4, -0.2) is 42.8 Å². The van der Waals surface area contributed by atoms with Crippen LogP contribution in [0.5, 0.6) is 0 Å². The van der Waals surface area contributed by atoms with E-state index in [0.29, 0.717) is 12.1 Å². The Labute approximate surface area is 75.6 Å². The Hall–Kier alpha value is -0.150. The third-order valence-electron chi connectivity index (χ3n) is 2.74. The minimum Gasteiger partial charge on any atom is -0.306 e. The van der Waals surface area contributed by atoms with Gasteiger partial charge in [0.2, 0.25) is 0 Å². The van der Waals surface area contributed by atoms with Crippen molar-refractivity contribution in [3.05, 3.63) is 0 Å². The van der Waals surface area contributed by atoms with Gasteiger partial charge >= 0.3 is 0 Å². The Morgan fingerprint density at radius 3 is 2.75 bits per heavy atom. The first-order valence-electron chi connectivity index (χ1n) is 4.75. The van der Waals surface area contributed by atoms with Crippen molar-refractivity contribution in [2.75, 3.05) is 19.8 Å². The molecule has 1 saturated heterocycles. The zero-order chi connectivity index (χ0) is 9.14. The lowest BCUT2D eigenvalue weighted by Crippen LogP contribution is -2.61. The van der Waals surface area contributed by atoms with Crippen LogP contribution in [0.4, 0.5) is 4.39 Å². The molecule has 1 heterocycles. The van der Waals surface area contributed by atoms with Crippen molar-refractivity contribution in [1.29, 1.82) is 0 Å². The monoisotopic (exact) mass is 176 g/mol. The Bertz CT molecular complexity index is 132. The highest BCUT2D eigenvalue weighted by Crippen LogP contribution is 2.12. The van der Waals surface area contributed by atoms with Crippen molar-refractivity contribution in [2.45, 2.75) is 38.9 Å². The molecule has 1 aliphatic rings. The lowest BCUT2D eigenvalue weighted by molar-refractivity contribution is 0.0976. The second kappa shape index (κ2) is 4.19. The quantitative estimate of drug-likeness (QED) is 0.681. The molecule has 0 aromatic carbocycles. The first-order chi connectivity index (χ1) is 5.69. The molecule has 0 aromatic heterocycles. The second-order valence-corrected chi connectivity index (χ2v) is 3.66. The predicted octanol–water partition coefficient (Wildman–Crippen LogP) is 1.27. The molecule has 2 nitrogen and oxygen atoms in total. The van der Waals surface area contributed by atoms with Crippen molar-refractivity contribution >= 4 is 0 Å². The van der Waals surface area contributed by atoms with E-state index in [1.54, 1.807) is 0 Å². The Morgan fingerprint density at radius 2 is 2.25 bits per heavy atom. The fourth-order valence-corrected chi connectivity index (χ4v) is 1.92. The van der Waals surface area contributed by atoms with Gasteiger partial charge in [0.1, 0.15) is 6.67 Å². The number of nitrogens with one attached hydrogen (secondary N) is 1. The maximum Gasteiger partial charge on any atom is 0.106 e. The number of piperazine rings is 1. The summed E-state index contributed by atoms with van der Waals surface area (Å²) in [5, 5.41) is 3.26. The maximum atomic E-state index is 12.5. The molecule has 0 aliphatic carbocycles. The number of hydrogen-bond donors (Lipinski definition) is 1. The third-order valence-corrected chi connectivity index (χ3v) is 2.74. The summed E-state index contributed by atoms with van der Waals surface area (Å²) in [6, 6.07) is 0.770. The van der Waals surface area contributed by atoms with Gasteiger partial charge in [0, 0.05) is 20.1 Å². The molecule has 0 saturated carbocycles. The van der Waals surface area contributed by atoms with E-state index in [9.17, 15) is 4.39 Å². The molecular weight excluding hydrogens is 155 g/mol. The molecule has 74 valence electrons. The van der Waals surface area contributed by atoms with E-state index < -0.39 is 0 Å². The largest absolute Gasteiger partial charge is 0.306 e. The molecule has 1 fully saturated rings. The van der Waals surface area contributed by atoms with Gasteiger partial charge in [-0.1, -0.05) is 6.92 Å². The molecule has 12 heavy (non-hydrogen) atoms. The summed E-state index contributed by atoms with van der Waals surface area (Å²) in [7, 11) is 0.